The van der Waals surface area contributed by atoms with Crippen molar-refractivity contribution in [2.75, 3.05) is 25.5 Å². The molecule has 1 atom stereocenters. The third kappa shape index (κ3) is 5.90. The van der Waals surface area contributed by atoms with Crippen LogP contribution in [0.25, 0.3) is 11.4 Å². The highest BCUT2D eigenvalue weighted by molar-refractivity contribution is 5.61. The van der Waals surface area contributed by atoms with Gasteiger partial charge in [-0.15, -0.1) is 0 Å². The highest BCUT2D eigenvalue weighted by Crippen LogP contribution is 2.29. The molecule has 0 bridgehead atoms. The van der Waals surface area contributed by atoms with E-state index in [0.717, 1.165) is 43.5 Å². The lowest BCUT2D eigenvalue weighted by molar-refractivity contribution is -0.106. The van der Waals surface area contributed by atoms with Crippen molar-refractivity contribution in [2.45, 2.75) is 25.7 Å². The van der Waals surface area contributed by atoms with E-state index >= 15 is 0 Å². The molecule has 0 aliphatic carbocycles. The number of likely N-dealkylation sites (tertiary alicyclic amines) is 1. The Kier molecular flexibility index (Phi) is 7.57. The number of aldehydes is 1. The quantitative estimate of drug-likeness (QED) is 0.645. The first-order chi connectivity index (χ1) is 14.6. The summed E-state index contributed by atoms with van der Waals surface area (Å²) in [6, 6.07) is 12.2. The largest absolute Gasteiger partial charge is 0.340 e. The van der Waals surface area contributed by atoms with E-state index in [1.54, 1.807) is 18.5 Å². The highest BCUT2D eigenvalue weighted by atomic mass is 19.1. The van der Waals surface area contributed by atoms with Crippen molar-refractivity contribution in [3.63, 3.8) is 0 Å². The summed E-state index contributed by atoms with van der Waals surface area (Å²) in [6.45, 7) is 3.54. The first-order valence-electron chi connectivity index (χ1n) is 9.99. The molecule has 0 saturated carbocycles. The van der Waals surface area contributed by atoms with Gasteiger partial charge >= 0.3 is 0 Å². The van der Waals surface area contributed by atoms with Crippen molar-refractivity contribution in [1.82, 2.24) is 19.9 Å². The topological polar surface area (TPSA) is 71.0 Å². The van der Waals surface area contributed by atoms with Crippen LogP contribution in [-0.2, 0) is 4.79 Å². The number of rotatable bonds is 4. The van der Waals surface area contributed by atoms with Crippen LogP contribution in [0.15, 0.2) is 54.9 Å². The lowest BCUT2D eigenvalue weighted by Gasteiger charge is -2.29. The molecular weight excluding hydrogens is 381 g/mol. The van der Waals surface area contributed by atoms with E-state index in [-0.39, 0.29) is 5.82 Å². The van der Waals surface area contributed by atoms with E-state index in [1.165, 1.54) is 19.1 Å². The summed E-state index contributed by atoms with van der Waals surface area (Å²) >= 11 is 0. The fourth-order valence-corrected chi connectivity index (χ4v) is 3.49. The Bertz CT molecular complexity index is 967. The van der Waals surface area contributed by atoms with Gasteiger partial charge in [-0.1, -0.05) is 6.07 Å². The van der Waals surface area contributed by atoms with Gasteiger partial charge in [0, 0.05) is 42.2 Å². The Morgan fingerprint density at radius 1 is 1.20 bits per heavy atom. The van der Waals surface area contributed by atoms with Crippen LogP contribution in [0.5, 0.6) is 0 Å². The fourth-order valence-electron chi connectivity index (χ4n) is 3.49. The number of anilines is 2. The Morgan fingerprint density at radius 3 is 2.73 bits per heavy atom. The predicted molar refractivity (Wildman–Crippen MR) is 116 cm³/mol. The summed E-state index contributed by atoms with van der Waals surface area (Å²) in [5.74, 6) is 1.37. The van der Waals surface area contributed by atoms with Crippen molar-refractivity contribution >= 4 is 17.8 Å². The molecular formula is C23H26FN5O. The van der Waals surface area contributed by atoms with Crippen LogP contribution < -0.4 is 5.32 Å². The van der Waals surface area contributed by atoms with E-state index in [9.17, 15) is 4.39 Å². The van der Waals surface area contributed by atoms with Crippen LogP contribution in [0.3, 0.4) is 0 Å². The molecule has 4 rings (SSSR count). The zero-order chi connectivity index (χ0) is 21.3. The van der Waals surface area contributed by atoms with Crippen LogP contribution in [0.4, 0.5) is 15.9 Å². The number of hydrogen-bond donors (Lipinski definition) is 1. The Morgan fingerprint density at radius 2 is 2.03 bits per heavy atom. The zero-order valence-corrected chi connectivity index (χ0v) is 17.3. The molecule has 1 aliphatic heterocycles. The van der Waals surface area contributed by atoms with E-state index in [0.29, 0.717) is 23.2 Å². The van der Waals surface area contributed by atoms with Crippen LogP contribution in [0.1, 0.15) is 31.4 Å². The second-order valence-electron chi connectivity index (χ2n) is 7.22. The molecule has 1 aromatic carbocycles. The maximum atomic E-state index is 13.5. The molecule has 1 unspecified atom stereocenters. The number of nitrogens with zero attached hydrogens (tertiary/aromatic N) is 4. The van der Waals surface area contributed by atoms with E-state index in [2.05, 4.69) is 27.2 Å². The molecule has 0 radical (unpaired) electrons. The molecule has 2 aromatic heterocycles. The number of likely N-dealkylation sites (N-methyl/N-ethyl adjacent to an activating group) is 1. The van der Waals surface area contributed by atoms with Crippen molar-refractivity contribution in [1.29, 1.82) is 0 Å². The molecule has 6 nitrogen and oxygen atoms in total. The van der Waals surface area contributed by atoms with Crippen LogP contribution in [0, 0.1) is 5.82 Å². The zero-order valence-electron chi connectivity index (χ0n) is 17.3. The third-order valence-corrected chi connectivity index (χ3v) is 4.81. The number of carbonyl (C=O) groups excluding carboxylic acids is 1. The predicted octanol–water partition coefficient (Wildman–Crippen LogP) is 4.44. The Balaban J connectivity index is 0.000000806. The van der Waals surface area contributed by atoms with E-state index in [1.807, 2.05) is 24.3 Å². The van der Waals surface area contributed by atoms with Crippen molar-refractivity contribution in [3.05, 3.63) is 66.4 Å². The lowest BCUT2D eigenvalue weighted by atomic mass is 9.94. The molecule has 1 saturated heterocycles. The molecule has 1 fully saturated rings. The van der Waals surface area contributed by atoms with Crippen LogP contribution in [0.2, 0.25) is 0 Å². The summed E-state index contributed by atoms with van der Waals surface area (Å²) in [5.41, 5.74) is 2.54. The molecule has 0 amide bonds. The first kappa shape index (κ1) is 21.5. The molecule has 1 N–H and O–H groups in total. The molecule has 156 valence electrons. The molecule has 30 heavy (non-hydrogen) atoms. The minimum absolute atomic E-state index is 0.282. The second kappa shape index (κ2) is 10.5. The minimum Gasteiger partial charge on any atom is -0.340 e. The number of halogens is 1. The van der Waals surface area contributed by atoms with E-state index < -0.39 is 0 Å². The van der Waals surface area contributed by atoms with Gasteiger partial charge in [0.05, 0.1) is 5.69 Å². The van der Waals surface area contributed by atoms with Crippen LogP contribution in [-0.4, -0.2) is 46.3 Å². The summed E-state index contributed by atoms with van der Waals surface area (Å²) < 4.78 is 13.5. The molecule has 1 aliphatic rings. The Hall–Kier alpha value is -3.19. The molecule has 7 heteroatoms. The molecule has 3 aromatic rings. The maximum absolute atomic E-state index is 13.5. The van der Waals surface area contributed by atoms with Gasteiger partial charge < -0.3 is 15.0 Å². The van der Waals surface area contributed by atoms with Gasteiger partial charge in [0.1, 0.15) is 17.9 Å². The monoisotopic (exact) mass is 407 g/mol. The SMILES string of the molecule is CC=O.CN1CCCC(c2cc(Nc3cccc(F)c3)nc(-c3cccnc3)n2)C1. The van der Waals surface area contributed by atoms with Gasteiger partial charge in [0.15, 0.2) is 5.82 Å². The smallest absolute Gasteiger partial charge is 0.163 e. The summed E-state index contributed by atoms with van der Waals surface area (Å²) in [5, 5.41) is 3.22. The first-order valence-corrected chi connectivity index (χ1v) is 9.99. The number of pyridine rings is 1. The summed E-state index contributed by atoms with van der Waals surface area (Å²) in [6.07, 6.45) is 6.50. The Labute approximate surface area is 176 Å². The molecule has 3 heterocycles. The van der Waals surface area contributed by atoms with Gasteiger partial charge in [-0.2, -0.15) is 0 Å². The number of hydrogen-bond acceptors (Lipinski definition) is 6. The van der Waals surface area contributed by atoms with Gasteiger partial charge in [-0.05, 0) is 63.7 Å². The summed E-state index contributed by atoms with van der Waals surface area (Å²) in [4.78, 5) is 24.8. The second-order valence-corrected chi connectivity index (χ2v) is 7.22. The van der Waals surface area contributed by atoms with Gasteiger partial charge in [-0.25, -0.2) is 14.4 Å². The number of aromatic nitrogens is 3. The number of benzene rings is 1. The van der Waals surface area contributed by atoms with Gasteiger partial charge in [-0.3, -0.25) is 4.98 Å². The highest BCUT2D eigenvalue weighted by Gasteiger charge is 2.22. The molecule has 0 spiro atoms. The average Bonchev–Trinajstić information content (AvgIpc) is 2.75. The van der Waals surface area contributed by atoms with Crippen molar-refractivity contribution in [3.8, 4) is 11.4 Å². The minimum atomic E-state index is -0.282. The van der Waals surface area contributed by atoms with Crippen LogP contribution >= 0.6 is 0 Å². The van der Waals surface area contributed by atoms with E-state index in [4.69, 9.17) is 9.78 Å². The van der Waals surface area contributed by atoms with Crippen molar-refractivity contribution in [2.24, 2.45) is 0 Å². The average molecular weight is 407 g/mol. The number of nitrogens with one attached hydrogen (secondary N) is 1. The fraction of sp³-hybridized carbons (Fsp3) is 0.304. The number of piperidine rings is 1. The lowest BCUT2D eigenvalue weighted by Crippen LogP contribution is -2.31. The third-order valence-electron chi connectivity index (χ3n) is 4.81. The number of carbonyl (C=O) groups is 1. The summed E-state index contributed by atoms with van der Waals surface area (Å²) in [7, 11) is 2.14. The van der Waals surface area contributed by atoms with Crippen molar-refractivity contribution < 1.29 is 9.18 Å². The maximum Gasteiger partial charge on any atom is 0.163 e. The normalized spacial score (nSPS) is 16.3. The van der Waals surface area contributed by atoms with Gasteiger partial charge in [0.25, 0.3) is 0 Å². The van der Waals surface area contributed by atoms with Gasteiger partial charge in [0.2, 0.25) is 0 Å². The standard InChI is InChI=1S/C21H22FN5.C2H4O/c1-27-10-4-6-16(14-27)19-12-20(24-18-8-2-7-17(22)11-18)26-21(25-19)15-5-3-9-23-13-15;1-2-3/h2-3,5,7-9,11-13,16H,4,6,10,14H2,1H3,(H,24,25,26);2H,1H3.